The number of nitrogens with zero attached hydrogens (tertiary/aromatic N) is 1. The summed E-state index contributed by atoms with van der Waals surface area (Å²) in [5.74, 6) is -1.64. The normalized spacial score (nSPS) is 13.3. The van der Waals surface area contributed by atoms with Gasteiger partial charge in [0.2, 0.25) is 5.91 Å². The van der Waals surface area contributed by atoms with Crippen molar-refractivity contribution in [2.75, 3.05) is 20.2 Å². The molecule has 0 rings (SSSR count). The summed E-state index contributed by atoms with van der Waals surface area (Å²) in [5.41, 5.74) is 0. The van der Waals surface area contributed by atoms with Gasteiger partial charge in [0.05, 0.1) is 6.61 Å². The Morgan fingerprint density at radius 2 is 1.83 bits per heavy atom. The van der Waals surface area contributed by atoms with Crippen molar-refractivity contribution in [3.05, 3.63) is 0 Å². The first-order chi connectivity index (χ1) is 8.33. The number of aliphatic carboxylic acids is 1. The number of urea groups is 1. The summed E-state index contributed by atoms with van der Waals surface area (Å²) in [4.78, 5) is 35.0. The van der Waals surface area contributed by atoms with Crippen molar-refractivity contribution in [2.24, 2.45) is 0 Å². The van der Waals surface area contributed by atoms with E-state index in [0.717, 1.165) is 0 Å². The van der Waals surface area contributed by atoms with E-state index in [1.165, 1.54) is 11.8 Å². The summed E-state index contributed by atoms with van der Waals surface area (Å²) in [5, 5.41) is 21.7. The second-order valence-corrected chi connectivity index (χ2v) is 3.77. The van der Waals surface area contributed by atoms with Crippen LogP contribution < -0.4 is 10.6 Å². The lowest BCUT2D eigenvalue weighted by Gasteiger charge is -2.21. The second kappa shape index (κ2) is 7.49. The summed E-state index contributed by atoms with van der Waals surface area (Å²) >= 11 is 0. The van der Waals surface area contributed by atoms with Crippen molar-refractivity contribution in [1.82, 2.24) is 15.5 Å². The fourth-order valence-electron chi connectivity index (χ4n) is 1.13. The number of aliphatic hydroxyl groups is 1. The Morgan fingerprint density at radius 1 is 1.28 bits per heavy atom. The van der Waals surface area contributed by atoms with Crippen LogP contribution in [0.15, 0.2) is 0 Å². The van der Waals surface area contributed by atoms with Crippen molar-refractivity contribution in [2.45, 2.75) is 25.9 Å². The van der Waals surface area contributed by atoms with E-state index in [1.807, 2.05) is 5.32 Å². The number of rotatable bonds is 6. The van der Waals surface area contributed by atoms with E-state index in [9.17, 15) is 14.4 Å². The van der Waals surface area contributed by atoms with Crippen LogP contribution in [0.5, 0.6) is 0 Å². The molecule has 104 valence electrons. The highest BCUT2D eigenvalue weighted by Gasteiger charge is 2.22. The Hall–Kier alpha value is -1.83. The van der Waals surface area contributed by atoms with Gasteiger partial charge in [0, 0.05) is 13.6 Å². The standard InChI is InChI=1S/C10H19N3O5/c1-4-13(3)8(15)6(2)11-10(18)12-7(5-14)9(16)17/h6-7,14H,4-5H2,1-3H3,(H,16,17)(H2,11,12,18)/t6?,7-/m0/s1. The van der Waals surface area contributed by atoms with Crippen molar-refractivity contribution in [3.63, 3.8) is 0 Å². The van der Waals surface area contributed by atoms with E-state index in [2.05, 4.69) is 5.32 Å². The highest BCUT2D eigenvalue weighted by Crippen LogP contribution is 1.92. The van der Waals surface area contributed by atoms with E-state index in [-0.39, 0.29) is 5.91 Å². The van der Waals surface area contributed by atoms with Crippen molar-refractivity contribution < 1.29 is 24.6 Å². The summed E-state index contributed by atoms with van der Waals surface area (Å²) in [7, 11) is 1.59. The molecule has 3 amide bonds. The molecule has 0 aliphatic rings. The molecule has 0 radical (unpaired) electrons. The van der Waals surface area contributed by atoms with Gasteiger partial charge in [-0.1, -0.05) is 0 Å². The van der Waals surface area contributed by atoms with Crippen molar-refractivity contribution in [3.8, 4) is 0 Å². The molecule has 18 heavy (non-hydrogen) atoms. The fourth-order valence-corrected chi connectivity index (χ4v) is 1.13. The van der Waals surface area contributed by atoms with Crippen LogP contribution in [0.1, 0.15) is 13.8 Å². The average molecular weight is 261 g/mol. The van der Waals surface area contributed by atoms with Crippen LogP contribution in [0.4, 0.5) is 4.79 Å². The molecule has 2 atom stereocenters. The van der Waals surface area contributed by atoms with Gasteiger partial charge in [-0.15, -0.1) is 0 Å². The number of carbonyl (C=O) groups excluding carboxylic acids is 2. The monoisotopic (exact) mass is 261 g/mol. The fraction of sp³-hybridized carbons (Fsp3) is 0.700. The summed E-state index contributed by atoms with van der Waals surface area (Å²) in [6.45, 7) is 3.06. The lowest BCUT2D eigenvalue weighted by Crippen LogP contribution is -2.53. The molecule has 0 saturated heterocycles. The maximum absolute atomic E-state index is 11.6. The Labute approximate surface area is 105 Å². The smallest absolute Gasteiger partial charge is 0.328 e. The number of carbonyl (C=O) groups is 3. The largest absolute Gasteiger partial charge is 0.480 e. The number of nitrogens with one attached hydrogen (secondary N) is 2. The molecule has 0 saturated carbocycles. The van der Waals surface area contributed by atoms with Gasteiger partial charge >= 0.3 is 12.0 Å². The molecule has 0 spiro atoms. The summed E-state index contributed by atoms with van der Waals surface area (Å²) in [6.07, 6.45) is 0. The van der Waals surface area contributed by atoms with Crippen LogP contribution in [-0.2, 0) is 9.59 Å². The van der Waals surface area contributed by atoms with Crippen LogP contribution in [0.25, 0.3) is 0 Å². The molecule has 8 nitrogen and oxygen atoms in total. The minimum absolute atomic E-state index is 0.288. The number of carboxylic acid groups (broad SMARTS) is 1. The third-order valence-corrected chi connectivity index (χ3v) is 2.35. The van der Waals surface area contributed by atoms with Gasteiger partial charge in [-0.25, -0.2) is 9.59 Å². The lowest BCUT2D eigenvalue weighted by atomic mass is 10.3. The highest BCUT2D eigenvalue weighted by atomic mass is 16.4. The molecular weight excluding hydrogens is 242 g/mol. The van der Waals surface area contributed by atoms with Gasteiger partial charge in [-0.05, 0) is 13.8 Å². The van der Waals surface area contributed by atoms with Gasteiger partial charge in [-0.3, -0.25) is 4.79 Å². The van der Waals surface area contributed by atoms with Gasteiger partial charge in [0.25, 0.3) is 0 Å². The van der Waals surface area contributed by atoms with Crippen LogP contribution in [0, 0.1) is 0 Å². The van der Waals surface area contributed by atoms with Gasteiger partial charge in [-0.2, -0.15) is 0 Å². The molecule has 0 aliphatic carbocycles. The van der Waals surface area contributed by atoms with Crippen LogP contribution in [0.2, 0.25) is 0 Å². The molecule has 4 N–H and O–H groups in total. The SMILES string of the molecule is CCN(C)C(=O)C(C)NC(=O)N[C@@H](CO)C(=O)O. The predicted octanol–water partition coefficient (Wildman–Crippen LogP) is -1.40. The molecule has 0 aromatic carbocycles. The lowest BCUT2D eigenvalue weighted by molar-refractivity contribution is -0.140. The topological polar surface area (TPSA) is 119 Å². The second-order valence-electron chi connectivity index (χ2n) is 3.77. The van der Waals surface area contributed by atoms with E-state index < -0.39 is 30.7 Å². The third kappa shape index (κ3) is 5.00. The summed E-state index contributed by atoms with van der Waals surface area (Å²) in [6, 6.07) is -2.99. The molecule has 0 fully saturated rings. The van der Waals surface area contributed by atoms with E-state index in [4.69, 9.17) is 10.2 Å². The minimum Gasteiger partial charge on any atom is -0.480 e. The maximum atomic E-state index is 11.6. The number of aliphatic hydroxyl groups excluding tert-OH is 1. The Balaban J connectivity index is 4.31. The first-order valence-electron chi connectivity index (χ1n) is 5.49. The van der Waals surface area contributed by atoms with Gasteiger partial charge < -0.3 is 25.7 Å². The number of hydrogen-bond donors (Lipinski definition) is 4. The van der Waals surface area contributed by atoms with Gasteiger partial charge in [0.15, 0.2) is 6.04 Å². The maximum Gasteiger partial charge on any atom is 0.328 e. The number of carboxylic acids is 1. The number of amides is 3. The summed E-state index contributed by atoms with van der Waals surface area (Å²) < 4.78 is 0. The zero-order valence-corrected chi connectivity index (χ0v) is 10.6. The van der Waals surface area contributed by atoms with E-state index in [0.29, 0.717) is 6.54 Å². The molecule has 0 aliphatic heterocycles. The van der Waals surface area contributed by atoms with Crippen LogP contribution in [0.3, 0.4) is 0 Å². The predicted molar refractivity (Wildman–Crippen MR) is 63.0 cm³/mol. The third-order valence-electron chi connectivity index (χ3n) is 2.35. The van der Waals surface area contributed by atoms with Crippen LogP contribution in [-0.4, -0.2) is 65.3 Å². The molecule has 0 bridgehead atoms. The Kier molecular flexibility index (Phi) is 6.73. The molecule has 0 heterocycles. The van der Waals surface area contributed by atoms with Crippen molar-refractivity contribution >= 4 is 17.9 Å². The molecule has 0 aromatic heterocycles. The van der Waals surface area contributed by atoms with Gasteiger partial charge in [0.1, 0.15) is 6.04 Å². The van der Waals surface area contributed by atoms with Crippen LogP contribution >= 0.6 is 0 Å². The molecule has 0 aromatic rings. The first-order valence-corrected chi connectivity index (χ1v) is 5.49. The first kappa shape index (κ1) is 16.2. The Bertz CT molecular complexity index is 321. The zero-order valence-electron chi connectivity index (χ0n) is 10.6. The molecular formula is C10H19N3O5. The quantitative estimate of drug-likeness (QED) is 0.469. The van der Waals surface area contributed by atoms with E-state index in [1.54, 1.807) is 14.0 Å². The van der Waals surface area contributed by atoms with E-state index >= 15 is 0 Å². The zero-order chi connectivity index (χ0) is 14.3. The molecule has 8 heteroatoms. The number of hydrogen-bond acceptors (Lipinski definition) is 4. The van der Waals surface area contributed by atoms with Crippen molar-refractivity contribution in [1.29, 1.82) is 0 Å². The highest BCUT2D eigenvalue weighted by molar-refractivity contribution is 5.88. The molecule has 1 unspecified atom stereocenters. The number of likely N-dealkylation sites (N-methyl/N-ethyl adjacent to an activating group) is 1. The average Bonchev–Trinajstić information content (AvgIpc) is 2.33. The Morgan fingerprint density at radius 3 is 2.22 bits per heavy atom. The minimum atomic E-state index is -1.39.